The largest absolute Gasteiger partial charge is 0.497 e. The van der Waals surface area contributed by atoms with Crippen LogP contribution >= 0.6 is 0 Å². The second-order valence-electron chi connectivity index (χ2n) is 10.8. The molecule has 1 aliphatic heterocycles. The van der Waals surface area contributed by atoms with Gasteiger partial charge in [0.05, 0.1) is 19.4 Å². The van der Waals surface area contributed by atoms with Crippen LogP contribution in [0, 0.1) is 0 Å². The summed E-state index contributed by atoms with van der Waals surface area (Å²) in [6.45, 7) is 3.80. The fourth-order valence-corrected chi connectivity index (χ4v) is 5.11. The Labute approximate surface area is 250 Å². The normalized spacial score (nSPS) is 22.0. The van der Waals surface area contributed by atoms with Gasteiger partial charge in [-0.15, -0.1) is 5.10 Å². The highest BCUT2D eigenvalue weighted by Crippen LogP contribution is 2.40. The summed E-state index contributed by atoms with van der Waals surface area (Å²) in [6.07, 6.45) is -6.78. The molecule has 0 saturated carbocycles. The molecule has 4 N–H and O–H groups in total. The molecule has 1 aliphatic rings. The van der Waals surface area contributed by atoms with Gasteiger partial charge in [-0.05, 0) is 49.2 Å². The Bertz CT molecular complexity index is 1470. The van der Waals surface area contributed by atoms with E-state index in [0.717, 1.165) is 28.1 Å². The van der Waals surface area contributed by atoms with Crippen molar-refractivity contribution in [2.45, 2.75) is 63.6 Å². The first-order chi connectivity index (χ1) is 20.8. The number of aromatic nitrogens is 2. The van der Waals surface area contributed by atoms with E-state index in [-0.39, 0.29) is 11.9 Å². The van der Waals surface area contributed by atoms with Crippen LogP contribution in [0.3, 0.4) is 0 Å². The predicted molar refractivity (Wildman–Crippen MR) is 159 cm³/mol. The molecule has 1 fully saturated rings. The number of ether oxygens (including phenoxy) is 4. The van der Waals surface area contributed by atoms with E-state index in [1.807, 2.05) is 97.4 Å². The minimum Gasteiger partial charge on any atom is -0.497 e. The van der Waals surface area contributed by atoms with Crippen molar-refractivity contribution in [3.63, 3.8) is 0 Å². The maximum atomic E-state index is 10.7. The number of hydrogen-bond acceptors (Lipinski definition) is 9. The van der Waals surface area contributed by atoms with Gasteiger partial charge in [0.2, 0.25) is 12.2 Å². The topological polar surface area (TPSA) is 136 Å². The molecule has 0 amide bonds. The maximum absolute atomic E-state index is 10.7. The van der Waals surface area contributed by atoms with Crippen molar-refractivity contribution in [3.8, 4) is 28.6 Å². The van der Waals surface area contributed by atoms with Gasteiger partial charge in [-0.2, -0.15) is 0 Å². The van der Waals surface area contributed by atoms with Gasteiger partial charge in [-0.3, -0.25) is 4.68 Å². The number of nitrogens with zero attached hydrogens (tertiary/aromatic N) is 2. The number of aliphatic hydroxyl groups excluding tert-OH is 4. The number of methoxy groups -OCH3 is 1. The fourth-order valence-electron chi connectivity index (χ4n) is 5.11. The van der Waals surface area contributed by atoms with Gasteiger partial charge >= 0.3 is 0 Å². The molecule has 228 valence electrons. The molecule has 5 atom stereocenters. The third kappa shape index (κ3) is 6.69. The van der Waals surface area contributed by atoms with E-state index >= 15 is 0 Å². The molecule has 0 bridgehead atoms. The van der Waals surface area contributed by atoms with Crippen LogP contribution in [0.25, 0.3) is 11.3 Å². The van der Waals surface area contributed by atoms with Crippen LogP contribution < -0.4 is 14.2 Å². The molecule has 2 heterocycles. The van der Waals surface area contributed by atoms with E-state index in [1.54, 1.807) is 7.11 Å². The Morgan fingerprint density at radius 3 is 2.23 bits per heavy atom. The first-order valence-electron chi connectivity index (χ1n) is 14.3. The van der Waals surface area contributed by atoms with Gasteiger partial charge in [-0.25, -0.2) is 0 Å². The minimum atomic E-state index is -1.58. The molecule has 1 aromatic heterocycles. The Morgan fingerprint density at radius 2 is 1.56 bits per heavy atom. The van der Waals surface area contributed by atoms with Crippen LogP contribution in [0.15, 0.2) is 78.9 Å². The van der Waals surface area contributed by atoms with Crippen molar-refractivity contribution in [2.24, 2.45) is 0 Å². The van der Waals surface area contributed by atoms with E-state index < -0.39 is 37.3 Å². The zero-order valence-electron chi connectivity index (χ0n) is 24.4. The van der Waals surface area contributed by atoms with E-state index in [4.69, 9.17) is 24.0 Å². The van der Waals surface area contributed by atoms with Gasteiger partial charge in [0.1, 0.15) is 42.5 Å². The molecule has 0 unspecified atom stereocenters. The molecule has 10 nitrogen and oxygen atoms in total. The molecule has 3 aromatic carbocycles. The zero-order chi connectivity index (χ0) is 30.5. The van der Waals surface area contributed by atoms with Crippen molar-refractivity contribution >= 4 is 0 Å². The third-order valence-electron chi connectivity index (χ3n) is 7.46. The van der Waals surface area contributed by atoms with Crippen LogP contribution in [0.4, 0.5) is 0 Å². The highest BCUT2D eigenvalue weighted by molar-refractivity contribution is 5.73. The number of para-hydroxylation sites is 1. The molecule has 0 spiro atoms. The molecule has 0 radical (unpaired) electrons. The van der Waals surface area contributed by atoms with Crippen LogP contribution in [-0.4, -0.2) is 74.6 Å². The van der Waals surface area contributed by atoms with E-state index in [1.165, 1.54) is 0 Å². The SMILES string of the molecule is COc1ccc(Cc2c(O[C@@H]3O[C@H](CO)[C@@H](O)[C@H](O)[C@H]3O)nn(C(C)C)c2-c2ccccc2OCc2ccccc2)cc1. The Morgan fingerprint density at radius 1 is 0.860 bits per heavy atom. The van der Waals surface area contributed by atoms with E-state index in [0.29, 0.717) is 24.3 Å². The van der Waals surface area contributed by atoms with Crippen LogP contribution in [0.2, 0.25) is 0 Å². The average Bonchev–Trinajstić information content (AvgIpc) is 3.38. The zero-order valence-corrected chi connectivity index (χ0v) is 24.4. The summed E-state index contributed by atoms with van der Waals surface area (Å²) in [5, 5.41) is 45.9. The summed E-state index contributed by atoms with van der Waals surface area (Å²) >= 11 is 0. The molecule has 0 aliphatic carbocycles. The highest BCUT2D eigenvalue weighted by atomic mass is 16.7. The Kier molecular flexibility index (Phi) is 9.64. The maximum Gasteiger partial charge on any atom is 0.239 e. The van der Waals surface area contributed by atoms with Crippen LogP contribution in [0.5, 0.6) is 17.4 Å². The number of aliphatic hydroxyl groups is 4. The fraction of sp³-hybridized carbons (Fsp3) is 0.364. The summed E-state index contributed by atoms with van der Waals surface area (Å²) in [7, 11) is 1.61. The lowest BCUT2D eigenvalue weighted by Gasteiger charge is -2.39. The van der Waals surface area contributed by atoms with Gasteiger partial charge < -0.3 is 39.4 Å². The van der Waals surface area contributed by atoms with Gasteiger partial charge in [0.15, 0.2) is 0 Å². The quantitative estimate of drug-likeness (QED) is 0.207. The molecular formula is C33H38N2O8. The summed E-state index contributed by atoms with van der Waals surface area (Å²) in [4.78, 5) is 0. The van der Waals surface area contributed by atoms with Gasteiger partial charge in [0, 0.05) is 23.6 Å². The van der Waals surface area contributed by atoms with Gasteiger partial charge in [0.25, 0.3) is 0 Å². The summed E-state index contributed by atoms with van der Waals surface area (Å²) in [5.41, 5.74) is 4.24. The predicted octanol–water partition coefficient (Wildman–Crippen LogP) is 3.49. The second-order valence-corrected chi connectivity index (χ2v) is 10.8. The van der Waals surface area contributed by atoms with Crippen LogP contribution in [-0.2, 0) is 17.8 Å². The lowest BCUT2D eigenvalue weighted by Crippen LogP contribution is -2.60. The lowest BCUT2D eigenvalue weighted by molar-refractivity contribution is -0.278. The van der Waals surface area contributed by atoms with E-state index in [9.17, 15) is 20.4 Å². The summed E-state index contributed by atoms with van der Waals surface area (Å²) in [6, 6.07) is 25.2. The minimum absolute atomic E-state index is 0.0982. The standard InChI is InChI=1S/C33H38N2O8/c1-20(2)35-28(24-11-7-8-12-26(24)41-19-22-9-5-4-6-10-22)25(17-21-13-15-23(40-3)16-14-21)32(34-35)43-33-31(39)30(38)29(37)27(18-36)42-33/h4-16,20,27,29-31,33,36-39H,17-19H2,1-3H3/t27-,29-,30+,31-,33+/m1/s1. The molecule has 5 rings (SSSR count). The summed E-state index contributed by atoms with van der Waals surface area (Å²) < 4.78 is 25.3. The van der Waals surface area contributed by atoms with Crippen molar-refractivity contribution in [1.29, 1.82) is 0 Å². The molecule has 10 heteroatoms. The van der Waals surface area contributed by atoms with Crippen LogP contribution in [0.1, 0.15) is 36.6 Å². The Hall–Kier alpha value is -3.93. The monoisotopic (exact) mass is 590 g/mol. The smallest absolute Gasteiger partial charge is 0.239 e. The molecule has 4 aromatic rings. The van der Waals surface area contributed by atoms with Crippen molar-refractivity contribution in [1.82, 2.24) is 9.78 Å². The second kappa shape index (κ2) is 13.6. The van der Waals surface area contributed by atoms with E-state index in [2.05, 4.69) is 0 Å². The lowest BCUT2D eigenvalue weighted by atomic mass is 9.98. The third-order valence-corrected chi connectivity index (χ3v) is 7.46. The summed E-state index contributed by atoms with van der Waals surface area (Å²) in [5.74, 6) is 1.56. The highest BCUT2D eigenvalue weighted by Gasteiger charge is 2.45. The van der Waals surface area contributed by atoms with Crippen molar-refractivity contribution < 1.29 is 39.4 Å². The first kappa shape index (κ1) is 30.5. The molecule has 1 saturated heterocycles. The average molecular weight is 591 g/mol. The van der Waals surface area contributed by atoms with Crippen molar-refractivity contribution in [3.05, 3.63) is 95.6 Å². The number of rotatable bonds is 11. The molecule has 43 heavy (non-hydrogen) atoms. The van der Waals surface area contributed by atoms with Crippen molar-refractivity contribution in [2.75, 3.05) is 13.7 Å². The molecular weight excluding hydrogens is 552 g/mol. The first-order valence-corrected chi connectivity index (χ1v) is 14.3. The Balaban J connectivity index is 1.59. The van der Waals surface area contributed by atoms with Gasteiger partial charge in [-0.1, -0.05) is 54.6 Å². The number of hydrogen-bond donors (Lipinski definition) is 4. The number of benzene rings is 3.